The predicted octanol–water partition coefficient (Wildman–Crippen LogP) is 3.64. The Morgan fingerprint density at radius 3 is 1.39 bits per heavy atom. The fourth-order valence-corrected chi connectivity index (χ4v) is 4.62. The maximum Gasteiger partial charge on any atom is 0.347 e. The first kappa shape index (κ1) is 23.4. The van der Waals surface area contributed by atoms with Gasteiger partial charge in [-0.2, -0.15) is 15.8 Å². The van der Waals surface area contributed by atoms with E-state index < -0.39 is 34.6 Å². The second-order valence-electron chi connectivity index (χ2n) is 7.73. The van der Waals surface area contributed by atoms with E-state index in [1.165, 1.54) is 12.1 Å². The molecule has 0 aromatic heterocycles. The predicted molar refractivity (Wildman–Crippen MR) is 125 cm³/mol. The van der Waals surface area contributed by atoms with E-state index in [-0.39, 0.29) is 39.8 Å². The van der Waals surface area contributed by atoms with Gasteiger partial charge in [0.25, 0.3) is 0 Å². The average Bonchev–Trinajstić information content (AvgIpc) is 3.37. The second kappa shape index (κ2) is 8.90. The number of hydrogen-bond acceptors (Lipinski definition) is 6. The van der Waals surface area contributed by atoms with Gasteiger partial charge in [-0.3, -0.25) is 0 Å². The number of fused-ring (bicyclic) bond motifs is 2. The summed E-state index contributed by atoms with van der Waals surface area (Å²) in [6, 6.07) is 17.7. The lowest BCUT2D eigenvalue weighted by atomic mass is 9.89. The zero-order chi connectivity index (χ0) is 26.1. The van der Waals surface area contributed by atoms with Gasteiger partial charge in [0.2, 0.25) is 0 Å². The highest BCUT2D eigenvalue weighted by molar-refractivity contribution is 6.24. The number of carboxylic acid groups (broad SMARTS) is 3. The van der Waals surface area contributed by atoms with Crippen molar-refractivity contribution in [3.05, 3.63) is 93.1 Å². The molecular formula is C27H13N3O6. The lowest BCUT2D eigenvalue weighted by Crippen LogP contribution is -2.05. The SMILES string of the molecule is N#CC(C(=O)O)=C1C(=C2C/C(=C(/C#N)C(=O)O)c3ccccc32)/C(=C(\C#N)C(=O)O)c2ccccc21. The summed E-state index contributed by atoms with van der Waals surface area (Å²) in [6.45, 7) is 0. The van der Waals surface area contributed by atoms with Crippen molar-refractivity contribution in [3.8, 4) is 18.2 Å². The number of aliphatic carboxylic acids is 3. The Hall–Kier alpha value is -5.72. The van der Waals surface area contributed by atoms with Crippen molar-refractivity contribution >= 4 is 40.2 Å². The van der Waals surface area contributed by atoms with E-state index in [2.05, 4.69) is 0 Å². The van der Waals surface area contributed by atoms with Gasteiger partial charge in [-0.1, -0.05) is 48.5 Å². The summed E-state index contributed by atoms with van der Waals surface area (Å²) in [5.74, 6) is -4.57. The minimum atomic E-state index is -1.55. The third-order valence-electron chi connectivity index (χ3n) is 5.98. The first-order valence-electron chi connectivity index (χ1n) is 10.3. The van der Waals surface area contributed by atoms with E-state index >= 15 is 0 Å². The largest absolute Gasteiger partial charge is 0.477 e. The van der Waals surface area contributed by atoms with E-state index in [4.69, 9.17) is 0 Å². The molecule has 3 N–H and O–H groups in total. The van der Waals surface area contributed by atoms with Crippen LogP contribution in [0.1, 0.15) is 28.7 Å². The summed E-state index contributed by atoms with van der Waals surface area (Å²) >= 11 is 0. The standard InChI is InChI=1S/C27H13N3O6/c28-10-19(25(31)32)17-9-18(14-6-2-1-5-13(14)17)24-22(20(11-29)26(33)34)15-7-3-4-8-16(15)23(24)21(12-30)27(35)36/h1-8H,9H2,(H,31,32)(H,33,34)(H,35,36)/b19-17+,22-20+,23-21?,24-18?. The molecule has 0 radical (unpaired) electrons. The van der Waals surface area contributed by atoms with Crippen molar-refractivity contribution in [3.63, 3.8) is 0 Å². The molecule has 9 nitrogen and oxygen atoms in total. The van der Waals surface area contributed by atoms with Gasteiger partial charge in [0.05, 0.1) is 0 Å². The van der Waals surface area contributed by atoms with Gasteiger partial charge in [-0.05, 0) is 39.0 Å². The molecule has 2 aromatic rings. The zero-order valence-corrected chi connectivity index (χ0v) is 18.2. The molecule has 0 aliphatic heterocycles. The molecule has 2 aromatic carbocycles. The number of rotatable bonds is 3. The Labute approximate surface area is 203 Å². The number of hydrogen-bond donors (Lipinski definition) is 3. The third kappa shape index (κ3) is 3.43. The smallest absolute Gasteiger partial charge is 0.347 e. The maximum absolute atomic E-state index is 12.1. The van der Waals surface area contributed by atoms with Crippen LogP contribution in [0.5, 0.6) is 0 Å². The van der Waals surface area contributed by atoms with Gasteiger partial charge in [-0.15, -0.1) is 0 Å². The zero-order valence-electron chi connectivity index (χ0n) is 18.2. The van der Waals surface area contributed by atoms with Crippen LogP contribution in [0.25, 0.3) is 22.3 Å². The van der Waals surface area contributed by atoms with Crippen LogP contribution < -0.4 is 0 Å². The number of nitriles is 3. The lowest BCUT2D eigenvalue weighted by Gasteiger charge is -2.12. The van der Waals surface area contributed by atoms with E-state index in [1.807, 2.05) is 0 Å². The Bertz CT molecular complexity index is 1590. The highest BCUT2D eigenvalue weighted by Crippen LogP contribution is 2.55. The molecule has 36 heavy (non-hydrogen) atoms. The van der Waals surface area contributed by atoms with Gasteiger partial charge in [0.15, 0.2) is 0 Å². The number of allylic oxidation sites excluding steroid dienone is 5. The fraction of sp³-hybridized carbons (Fsp3) is 0.0370. The lowest BCUT2D eigenvalue weighted by molar-refractivity contribution is -0.133. The fourth-order valence-electron chi connectivity index (χ4n) is 4.62. The maximum atomic E-state index is 12.1. The van der Waals surface area contributed by atoms with E-state index in [0.29, 0.717) is 16.7 Å². The van der Waals surface area contributed by atoms with Crippen LogP contribution in [0.3, 0.4) is 0 Å². The summed E-state index contributed by atoms with van der Waals surface area (Å²) in [4.78, 5) is 36.0. The van der Waals surface area contributed by atoms with E-state index in [1.54, 1.807) is 54.6 Å². The Morgan fingerprint density at radius 1 is 0.611 bits per heavy atom. The molecule has 0 saturated carbocycles. The van der Waals surface area contributed by atoms with Crippen molar-refractivity contribution in [1.29, 1.82) is 15.8 Å². The third-order valence-corrected chi connectivity index (χ3v) is 5.98. The summed E-state index contributed by atoms with van der Waals surface area (Å²) < 4.78 is 0. The molecule has 0 bridgehead atoms. The van der Waals surface area contributed by atoms with Crippen LogP contribution in [0.15, 0.2) is 70.8 Å². The quantitative estimate of drug-likeness (QED) is 0.440. The average molecular weight is 475 g/mol. The van der Waals surface area contributed by atoms with Crippen LogP contribution in [0.4, 0.5) is 0 Å². The minimum Gasteiger partial charge on any atom is -0.477 e. The molecule has 2 aliphatic rings. The highest BCUT2D eigenvalue weighted by atomic mass is 16.4. The minimum absolute atomic E-state index is 0.0271. The van der Waals surface area contributed by atoms with Gasteiger partial charge in [-0.25, -0.2) is 14.4 Å². The summed E-state index contributed by atoms with van der Waals surface area (Å²) in [6.07, 6.45) is -0.165. The van der Waals surface area contributed by atoms with E-state index in [0.717, 1.165) is 0 Å². The van der Waals surface area contributed by atoms with Crippen LogP contribution in [0.2, 0.25) is 0 Å². The molecule has 0 amide bonds. The molecule has 0 fully saturated rings. The summed E-state index contributed by atoms with van der Waals surface area (Å²) in [5.41, 5.74) is -0.212. The van der Waals surface area contributed by atoms with Crippen molar-refractivity contribution in [2.75, 3.05) is 0 Å². The van der Waals surface area contributed by atoms with Crippen LogP contribution in [-0.4, -0.2) is 33.2 Å². The molecular weight excluding hydrogens is 462 g/mol. The molecule has 2 aliphatic carbocycles. The Balaban J connectivity index is 2.30. The van der Waals surface area contributed by atoms with Crippen molar-refractivity contribution in [2.45, 2.75) is 6.42 Å². The van der Waals surface area contributed by atoms with Crippen molar-refractivity contribution in [2.24, 2.45) is 0 Å². The normalized spacial score (nSPS) is 19.7. The van der Waals surface area contributed by atoms with Gasteiger partial charge < -0.3 is 15.3 Å². The molecule has 172 valence electrons. The van der Waals surface area contributed by atoms with Gasteiger partial charge in [0, 0.05) is 17.6 Å². The van der Waals surface area contributed by atoms with E-state index in [9.17, 15) is 45.5 Å². The number of carbonyl (C=O) groups is 3. The summed E-state index contributed by atoms with van der Waals surface area (Å²) in [7, 11) is 0. The molecule has 4 rings (SSSR count). The first-order chi connectivity index (χ1) is 17.3. The number of nitrogens with zero attached hydrogens (tertiary/aromatic N) is 3. The van der Waals surface area contributed by atoms with Crippen molar-refractivity contribution < 1.29 is 29.7 Å². The molecule has 0 unspecified atom stereocenters. The number of benzene rings is 2. The Kier molecular flexibility index (Phi) is 5.80. The molecule has 0 atom stereocenters. The van der Waals surface area contributed by atoms with Crippen LogP contribution in [-0.2, 0) is 14.4 Å². The van der Waals surface area contributed by atoms with Gasteiger partial charge in [0.1, 0.15) is 34.9 Å². The molecule has 9 heteroatoms. The molecule has 0 saturated heterocycles. The highest BCUT2D eigenvalue weighted by Gasteiger charge is 2.39. The summed E-state index contributed by atoms with van der Waals surface area (Å²) in [5, 5.41) is 58.2. The van der Waals surface area contributed by atoms with Crippen LogP contribution >= 0.6 is 0 Å². The molecule has 0 spiro atoms. The molecule has 0 heterocycles. The first-order valence-corrected chi connectivity index (χ1v) is 10.3. The van der Waals surface area contributed by atoms with Crippen molar-refractivity contribution in [1.82, 2.24) is 0 Å². The number of carboxylic acids is 3. The van der Waals surface area contributed by atoms with Crippen LogP contribution in [0, 0.1) is 34.0 Å². The second-order valence-corrected chi connectivity index (χ2v) is 7.73. The monoisotopic (exact) mass is 475 g/mol. The Morgan fingerprint density at radius 2 is 1.00 bits per heavy atom. The van der Waals surface area contributed by atoms with Gasteiger partial charge >= 0.3 is 17.9 Å². The topological polar surface area (TPSA) is 183 Å².